The molecule has 0 spiro atoms. The topological polar surface area (TPSA) is 40.5 Å². The fraction of sp³-hybridized carbons (Fsp3) is 0.615. The molecule has 0 radical (unpaired) electrons. The highest BCUT2D eigenvalue weighted by molar-refractivity contribution is 7.11. The van der Waals surface area contributed by atoms with E-state index in [1.807, 2.05) is 4.90 Å². The molecule has 0 saturated carbocycles. The van der Waals surface area contributed by atoms with Gasteiger partial charge in [-0.25, -0.2) is 0 Å². The van der Waals surface area contributed by atoms with Gasteiger partial charge in [-0.15, -0.1) is 11.3 Å². The molecule has 94 valence electrons. The lowest BCUT2D eigenvalue weighted by atomic mass is 10.1. The number of rotatable bonds is 4. The highest BCUT2D eigenvalue weighted by Crippen LogP contribution is 2.23. The average Bonchev–Trinajstić information content (AvgIpc) is 2.85. The normalized spacial score (nSPS) is 22.2. The number of aliphatic hydroxyl groups is 1. The van der Waals surface area contributed by atoms with Crippen LogP contribution >= 0.6 is 11.3 Å². The van der Waals surface area contributed by atoms with Gasteiger partial charge >= 0.3 is 0 Å². The van der Waals surface area contributed by atoms with E-state index in [9.17, 15) is 4.79 Å². The summed E-state index contributed by atoms with van der Waals surface area (Å²) in [6, 6.07) is 4.49. The van der Waals surface area contributed by atoms with Gasteiger partial charge < -0.3 is 10.0 Å². The van der Waals surface area contributed by atoms with Gasteiger partial charge in [-0.3, -0.25) is 4.79 Å². The molecular weight excluding hydrogens is 234 g/mol. The molecule has 1 aromatic heterocycles. The van der Waals surface area contributed by atoms with Crippen molar-refractivity contribution < 1.29 is 9.90 Å². The van der Waals surface area contributed by atoms with E-state index < -0.39 is 0 Å². The van der Waals surface area contributed by atoms with Crippen molar-refractivity contribution in [3.05, 3.63) is 21.9 Å². The third kappa shape index (κ3) is 2.87. The quantitative estimate of drug-likeness (QED) is 0.889. The van der Waals surface area contributed by atoms with Gasteiger partial charge in [0.15, 0.2) is 0 Å². The largest absolute Gasteiger partial charge is 0.396 e. The molecular formula is C13H19NO2S. The van der Waals surface area contributed by atoms with Gasteiger partial charge in [0.2, 0.25) is 5.91 Å². The zero-order chi connectivity index (χ0) is 12.4. The second-order valence-corrected chi connectivity index (χ2v) is 6.24. The van der Waals surface area contributed by atoms with Crippen molar-refractivity contribution in [2.75, 3.05) is 13.2 Å². The zero-order valence-corrected chi connectivity index (χ0v) is 11.2. The summed E-state index contributed by atoms with van der Waals surface area (Å²) in [4.78, 5) is 16.4. The lowest BCUT2D eigenvalue weighted by Crippen LogP contribution is -2.35. The van der Waals surface area contributed by atoms with Crippen LogP contribution in [0.25, 0.3) is 0 Å². The minimum Gasteiger partial charge on any atom is -0.396 e. The van der Waals surface area contributed by atoms with Gasteiger partial charge in [-0.05, 0) is 26.0 Å². The van der Waals surface area contributed by atoms with E-state index in [1.54, 1.807) is 11.3 Å². The SMILES string of the molecule is Cc1ccc(CC(C)N2CC(CO)CC2=O)s1. The molecule has 1 amide bonds. The Morgan fingerprint density at radius 2 is 2.35 bits per heavy atom. The molecule has 2 atom stereocenters. The lowest BCUT2D eigenvalue weighted by molar-refractivity contribution is -0.129. The van der Waals surface area contributed by atoms with E-state index in [0.29, 0.717) is 13.0 Å². The number of likely N-dealkylation sites (tertiary alicyclic amines) is 1. The Labute approximate surface area is 106 Å². The van der Waals surface area contributed by atoms with E-state index in [4.69, 9.17) is 5.11 Å². The Balaban J connectivity index is 1.96. The average molecular weight is 253 g/mol. The van der Waals surface area contributed by atoms with Gasteiger partial charge in [0.05, 0.1) is 0 Å². The predicted octanol–water partition coefficient (Wildman–Crippen LogP) is 1.83. The molecule has 1 aromatic rings. The predicted molar refractivity (Wildman–Crippen MR) is 69.1 cm³/mol. The molecule has 1 saturated heterocycles. The van der Waals surface area contributed by atoms with Gasteiger partial charge in [0, 0.05) is 47.7 Å². The number of aliphatic hydroxyl groups excluding tert-OH is 1. The summed E-state index contributed by atoms with van der Waals surface area (Å²) >= 11 is 1.80. The van der Waals surface area contributed by atoms with Crippen molar-refractivity contribution in [3.8, 4) is 0 Å². The minimum absolute atomic E-state index is 0.118. The number of hydrogen-bond donors (Lipinski definition) is 1. The van der Waals surface area contributed by atoms with Crippen molar-refractivity contribution in [3.63, 3.8) is 0 Å². The van der Waals surface area contributed by atoms with Crippen LogP contribution in [-0.2, 0) is 11.2 Å². The van der Waals surface area contributed by atoms with Crippen LogP contribution in [0.3, 0.4) is 0 Å². The maximum absolute atomic E-state index is 11.8. The van der Waals surface area contributed by atoms with Gasteiger partial charge in [-0.1, -0.05) is 0 Å². The molecule has 0 bridgehead atoms. The van der Waals surface area contributed by atoms with E-state index in [0.717, 1.165) is 6.42 Å². The molecule has 1 fully saturated rings. The first kappa shape index (κ1) is 12.6. The summed E-state index contributed by atoms with van der Waals surface area (Å²) in [7, 11) is 0. The summed E-state index contributed by atoms with van der Waals surface area (Å²) in [5.41, 5.74) is 0. The third-order valence-electron chi connectivity index (χ3n) is 3.32. The fourth-order valence-corrected chi connectivity index (χ4v) is 3.36. The number of amides is 1. The highest BCUT2D eigenvalue weighted by Gasteiger charge is 2.32. The van der Waals surface area contributed by atoms with Crippen molar-refractivity contribution >= 4 is 17.2 Å². The van der Waals surface area contributed by atoms with Crippen LogP contribution in [0.1, 0.15) is 23.1 Å². The Bertz CT molecular complexity index is 402. The molecule has 2 heterocycles. The Hall–Kier alpha value is -0.870. The maximum atomic E-state index is 11.8. The van der Waals surface area contributed by atoms with E-state index in [-0.39, 0.29) is 24.5 Å². The zero-order valence-electron chi connectivity index (χ0n) is 10.3. The van der Waals surface area contributed by atoms with Crippen molar-refractivity contribution in [1.29, 1.82) is 0 Å². The molecule has 1 aliphatic heterocycles. The Morgan fingerprint density at radius 3 is 2.88 bits per heavy atom. The lowest BCUT2D eigenvalue weighted by Gasteiger charge is -2.24. The smallest absolute Gasteiger partial charge is 0.223 e. The minimum atomic E-state index is 0.118. The summed E-state index contributed by atoms with van der Waals surface area (Å²) in [5, 5.41) is 9.10. The van der Waals surface area contributed by atoms with E-state index >= 15 is 0 Å². The summed E-state index contributed by atoms with van der Waals surface area (Å²) < 4.78 is 0. The number of thiophene rings is 1. The van der Waals surface area contributed by atoms with Crippen LogP contribution in [0.15, 0.2) is 12.1 Å². The second-order valence-electron chi connectivity index (χ2n) is 4.86. The molecule has 2 rings (SSSR count). The molecule has 4 heteroatoms. The van der Waals surface area contributed by atoms with Crippen LogP contribution in [-0.4, -0.2) is 35.1 Å². The molecule has 3 nitrogen and oxygen atoms in total. The number of carbonyl (C=O) groups is 1. The van der Waals surface area contributed by atoms with Crippen LogP contribution in [0, 0.1) is 12.8 Å². The molecule has 0 aromatic carbocycles. The molecule has 1 N–H and O–H groups in total. The van der Waals surface area contributed by atoms with Gasteiger partial charge in [0.1, 0.15) is 0 Å². The van der Waals surface area contributed by atoms with Crippen LogP contribution in [0.5, 0.6) is 0 Å². The van der Waals surface area contributed by atoms with Crippen LogP contribution in [0.2, 0.25) is 0 Å². The monoisotopic (exact) mass is 253 g/mol. The standard InChI is InChI=1S/C13H19NO2S/c1-9(5-12-4-3-10(2)17-12)14-7-11(8-15)6-13(14)16/h3-4,9,11,15H,5-8H2,1-2H3. The first-order chi connectivity index (χ1) is 8.10. The first-order valence-corrected chi connectivity index (χ1v) is 6.87. The molecule has 17 heavy (non-hydrogen) atoms. The third-order valence-corrected chi connectivity index (χ3v) is 4.34. The molecule has 2 unspecified atom stereocenters. The number of nitrogens with zero attached hydrogens (tertiary/aromatic N) is 1. The fourth-order valence-electron chi connectivity index (χ4n) is 2.35. The number of aryl methyl sites for hydroxylation is 1. The Morgan fingerprint density at radius 1 is 1.59 bits per heavy atom. The molecule has 1 aliphatic rings. The summed E-state index contributed by atoms with van der Waals surface area (Å²) in [6.07, 6.45) is 1.42. The van der Waals surface area contributed by atoms with Crippen molar-refractivity contribution in [2.45, 2.75) is 32.7 Å². The summed E-state index contributed by atoms with van der Waals surface area (Å²) in [5.74, 6) is 0.319. The molecule has 0 aliphatic carbocycles. The first-order valence-electron chi connectivity index (χ1n) is 6.05. The second kappa shape index (κ2) is 5.19. The van der Waals surface area contributed by atoms with E-state index in [1.165, 1.54) is 9.75 Å². The Kier molecular flexibility index (Phi) is 3.84. The van der Waals surface area contributed by atoms with Gasteiger partial charge in [0.25, 0.3) is 0 Å². The van der Waals surface area contributed by atoms with E-state index in [2.05, 4.69) is 26.0 Å². The van der Waals surface area contributed by atoms with Crippen LogP contribution in [0.4, 0.5) is 0 Å². The number of carbonyl (C=O) groups excluding carboxylic acids is 1. The van der Waals surface area contributed by atoms with Gasteiger partial charge in [-0.2, -0.15) is 0 Å². The number of hydrogen-bond acceptors (Lipinski definition) is 3. The van der Waals surface area contributed by atoms with Crippen LogP contribution < -0.4 is 0 Å². The summed E-state index contributed by atoms with van der Waals surface area (Å²) in [6.45, 7) is 5.02. The highest BCUT2D eigenvalue weighted by atomic mass is 32.1. The maximum Gasteiger partial charge on any atom is 0.223 e. The van der Waals surface area contributed by atoms with Crippen molar-refractivity contribution in [1.82, 2.24) is 4.90 Å². The van der Waals surface area contributed by atoms with Crippen molar-refractivity contribution in [2.24, 2.45) is 5.92 Å².